The van der Waals surface area contributed by atoms with Gasteiger partial charge in [0.15, 0.2) is 0 Å². The quantitative estimate of drug-likeness (QED) is 0.301. The van der Waals surface area contributed by atoms with Crippen LogP contribution in [0.2, 0.25) is 0 Å². The highest BCUT2D eigenvalue weighted by Crippen LogP contribution is 2.13. The zero-order chi connectivity index (χ0) is 24.9. The third kappa shape index (κ3) is 8.60. The van der Waals surface area contributed by atoms with Crippen LogP contribution in [0, 0.1) is 0 Å². The molecule has 3 aromatic rings. The Morgan fingerprint density at radius 2 is 1.43 bits per heavy atom. The molecule has 8 heteroatoms. The molecule has 0 atom stereocenters. The number of nitrogens with one attached hydrogen (secondary N) is 4. The number of hydrogen-bond acceptors (Lipinski definition) is 5. The Morgan fingerprint density at radius 1 is 0.771 bits per heavy atom. The van der Waals surface area contributed by atoms with Crippen LogP contribution in [-0.4, -0.2) is 44.5 Å². The van der Waals surface area contributed by atoms with E-state index in [1.807, 2.05) is 30.3 Å². The van der Waals surface area contributed by atoms with E-state index in [-0.39, 0.29) is 24.3 Å². The Labute approximate surface area is 205 Å². The predicted molar refractivity (Wildman–Crippen MR) is 136 cm³/mol. The van der Waals surface area contributed by atoms with E-state index in [1.165, 1.54) is 0 Å². The summed E-state index contributed by atoms with van der Waals surface area (Å²) in [6.07, 6.45) is 0.722. The molecular formula is C27H30N4O4. The van der Waals surface area contributed by atoms with Gasteiger partial charge in [-0.2, -0.15) is 0 Å². The fourth-order valence-corrected chi connectivity index (χ4v) is 3.30. The molecule has 0 aliphatic carbocycles. The molecule has 0 fully saturated rings. The van der Waals surface area contributed by atoms with Crippen molar-refractivity contribution in [3.63, 3.8) is 0 Å². The second-order valence-electron chi connectivity index (χ2n) is 7.83. The minimum absolute atomic E-state index is 0.00251. The molecule has 3 amide bonds. The van der Waals surface area contributed by atoms with Gasteiger partial charge in [0, 0.05) is 49.3 Å². The van der Waals surface area contributed by atoms with Crippen LogP contribution in [0.25, 0.3) is 0 Å². The summed E-state index contributed by atoms with van der Waals surface area (Å²) < 4.78 is 4.97. The topological polar surface area (TPSA) is 109 Å². The Balaban J connectivity index is 1.48. The first-order valence-corrected chi connectivity index (χ1v) is 11.4. The fourth-order valence-electron chi connectivity index (χ4n) is 3.30. The van der Waals surface area contributed by atoms with Crippen LogP contribution >= 0.6 is 0 Å². The van der Waals surface area contributed by atoms with Gasteiger partial charge in [-0.25, -0.2) is 0 Å². The lowest BCUT2D eigenvalue weighted by Gasteiger charge is -2.11. The van der Waals surface area contributed by atoms with Gasteiger partial charge in [0.1, 0.15) is 0 Å². The van der Waals surface area contributed by atoms with Crippen molar-refractivity contribution in [2.45, 2.75) is 13.0 Å². The molecule has 0 radical (unpaired) electrons. The molecule has 4 N–H and O–H groups in total. The Hall–Kier alpha value is -4.17. The number of amides is 3. The first-order valence-electron chi connectivity index (χ1n) is 11.4. The number of carbonyl (C=O) groups excluding carboxylic acids is 3. The molecule has 0 saturated heterocycles. The van der Waals surface area contributed by atoms with Crippen molar-refractivity contribution in [2.75, 3.05) is 37.4 Å². The predicted octanol–water partition coefficient (Wildman–Crippen LogP) is 3.43. The fraction of sp³-hybridized carbons (Fsp3) is 0.222. The van der Waals surface area contributed by atoms with Crippen LogP contribution in [0.1, 0.15) is 32.7 Å². The van der Waals surface area contributed by atoms with Gasteiger partial charge >= 0.3 is 0 Å². The molecule has 0 spiro atoms. The lowest BCUT2D eigenvalue weighted by atomic mass is 10.1. The number of ether oxygens (including phenoxy) is 1. The summed E-state index contributed by atoms with van der Waals surface area (Å²) in [4.78, 5) is 37.2. The number of benzene rings is 3. The summed E-state index contributed by atoms with van der Waals surface area (Å²) in [6.45, 7) is 1.52. The van der Waals surface area contributed by atoms with Crippen LogP contribution in [0.5, 0.6) is 0 Å². The monoisotopic (exact) mass is 474 g/mol. The van der Waals surface area contributed by atoms with Crippen molar-refractivity contribution in [3.05, 3.63) is 95.6 Å². The van der Waals surface area contributed by atoms with Crippen molar-refractivity contribution >= 4 is 29.1 Å². The maximum atomic E-state index is 12.5. The van der Waals surface area contributed by atoms with E-state index in [9.17, 15) is 14.4 Å². The van der Waals surface area contributed by atoms with E-state index in [4.69, 9.17) is 4.74 Å². The molecular weight excluding hydrogens is 444 g/mol. The van der Waals surface area contributed by atoms with E-state index in [1.54, 1.807) is 55.6 Å². The average molecular weight is 475 g/mol. The van der Waals surface area contributed by atoms with Crippen LogP contribution in [-0.2, 0) is 16.1 Å². The van der Waals surface area contributed by atoms with Gasteiger partial charge in [-0.05, 0) is 48.4 Å². The minimum Gasteiger partial charge on any atom is -0.385 e. The maximum Gasteiger partial charge on any atom is 0.251 e. The number of carbonyl (C=O) groups is 3. The summed E-state index contributed by atoms with van der Waals surface area (Å²) in [6, 6.07) is 23.4. The van der Waals surface area contributed by atoms with Crippen LogP contribution < -0.4 is 21.3 Å². The molecule has 0 aliphatic rings. The lowest BCUT2D eigenvalue weighted by Crippen LogP contribution is -2.26. The number of hydrogen-bond donors (Lipinski definition) is 4. The zero-order valence-electron chi connectivity index (χ0n) is 19.7. The van der Waals surface area contributed by atoms with Crippen LogP contribution in [0.3, 0.4) is 0 Å². The van der Waals surface area contributed by atoms with Gasteiger partial charge in [-0.1, -0.05) is 42.5 Å². The van der Waals surface area contributed by atoms with Gasteiger partial charge < -0.3 is 26.0 Å². The highest BCUT2D eigenvalue weighted by Gasteiger charge is 2.09. The van der Waals surface area contributed by atoms with E-state index >= 15 is 0 Å². The third-order valence-corrected chi connectivity index (χ3v) is 5.09. The van der Waals surface area contributed by atoms with Gasteiger partial charge in [0.05, 0.1) is 6.54 Å². The largest absolute Gasteiger partial charge is 0.385 e. The van der Waals surface area contributed by atoms with Gasteiger partial charge in [-0.15, -0.1) is 0 Å². The van der Waals surface area contributed by atoms with Crippen molar-refractivity contribution in [1.82, 2.24) is 10.6 Å². The Kier molecular flexibility index (Phi) is 9.83. The molecule has 0 saturated carbocycles. The average Bonchev–Trinajstić information content (AvgIpc) is 2.89. The highest BCUT2D eigenvalue weighted by atomic mass is 16.5. The number of methoxy groups -OCH3 is 1. The van der Waals surface area contributed by atoms with Crippen LogP contribution in [0.4, 0.5) is 11.4 Å². The Bertz CT molecular complexity index is 1130. The molecule has 0 heterocycles. The lowest BCUT2D eigenvalue weighted by molar-refractivity contribution is -0.114. The highest BCUT2D eigenvalue weighted by molar-refractivity contribution is 5.98. The Morgan fingerprint density at radius 3 is 2.14 bits per heavy atom. The molecule has 0 aromatic heterocycles. The molecule has 8 nitrogen and oxygen atoms in total. The summed E-state index contributed by atoms with van der Waals surface area (Å²) in [5.74, 6) is -0.682. The molecule has 3 aromatic carbocycles. The van der Waals surface area contributed by atoms with Crippen molar-refractivity contribution in [2.24, 2.45) is 0 Å². The molecule has 182 valence electrons. The first kappa shape index (κ1) is 25.5. The van der Waals surface area contributed by atoms with E-state index < -0.39 is 0 Å². The minimum atomic E-state index is -0.276. The summed E-state index contributed by atoms with van der Waals surface area (Å²) >= 11 is 0. The summed E-state index contributed by atoms with van der Waals surface area (Å²) in [5.41, 5.74) is 3.14. The van der Waals surface area contributed by atoms with E-state index in [0.29, 0.717) is 42.2 Å². The van der Waals surface area contributed by atoms with Crippen LogP contribution in [0.15, 0.2) is 78.9 Å². The summed E-state index contributed by atoms with van der Waals surface area (Å²) in [5, 5.41) is 11.5. The number of anilines is 2. The zero-order valence-corrected chi connectivity index (χ0v) is 19.7. The molecule has 0 unspecified atom stereocenters. The SMILES string of the molecule is COCCCNC(=O)c1cccc(NC(=O)CNc2cccc(C(=O)NCc3ccccc3)c2)c1. The molecule has 35 heavy (non-hydrogen) atoms. The van der Waals surface area contributed by atoms with Crippen molar-refractivity contribution in [1.29, 1.82) is 0 Å². The number of rotatable bonds is 12. The smallest absolute Gasteiger partial charge is 0.251 e. The molecule has 3 rings (SSSR count). The van der Waals surface area contributed by atoms with Gasteiger partial charge in [-0.3, -0.25) is 14.4 Å². The van der Waals surface area contributed by atoms with E-state index in [2.05, 4.69) is 21.3 Å². The van der Waals surface area contributed by atoms with Gasteiger partial charge in [0.25, 0.3) is 11.8 Å². The van der Waals surface area contributed by atoms with Crippen molar-refractivity contribution in [3.8, 4) is 0 Å². The summed E-state index contributed by atoms with van der Waals surface area (Å²) in [7, 11) is 1.61. The van der Waals surface area contributed by atoms with Gasteiger partial charge in [0.2, 0.25) is 5.91 Å². The van der Waals surface area contributed by atoms with E-state index in [0.717, 1.165) is 12.0 Å². The molecule has 0 aliphatic heterocycles. The third-order valence-electron chi connectivity index (χ3n) is 5.09. The second-order valence-corrected chi connectivity index (χ2v) is 7.83. The molecule has 0 bridgehead atoms. The second kappa shape index (κ2) is 13.5. The normalized spacial score (nSPS) is 10.3. The standard InChI is InChI=1S/C27H30N4O4/c1-35-15-7-14-28-26(33)22-11-6-13-24(17-22)31-25(32)19-29-23-12-5-10-21(16-23)27(34)30-18-20-8-3-2-4-9-20/h2-6,8-13,16-17,29H,7,14-15,18-19H2,1H3,(H,28,33)(H,30,34)(H,31,32). The van der Waals surface area contributed by atoms with Crippen molar-refractivity contribution < 1.29 is 19.1 Å². The first-order chi connectivity index (χ1) is 17.0. The maximum absolute atomic E-state index is 12.5.